The zero-order chi connectivity index (χ0) is 19.0. The van der Waals surface area contributed by atoms with E-state index in [0.29, 0.717) is 38.2 Å². The van der Waals surface area contributed by atoms with Gasteiger partial charge in [-0.15, -0.1) is 10.2 Å². The lowest BCUT2D eigenvalue weighted by molar-refractivity contribution is 0.100. The van der Waals surface area contributed by atoms with Crippen LogP contribution in [0.5, 0.6) is 0 Å². The maximum absolute atomic E-state index is 12.6. The van der Waals surface area contributed by atoms with Crippen LogP contribution in [-0.4, -0.2) is 52.2 Å². The van der Waals surface area contributed by atoms with E-state index in [9.17, 15) is 13.2 Å². The Labute approximate surface area is 158 Å². The highest BCUT2D eigenvalue weighted by Gasteiger charge is 2.42. The number of fused-ring (bicyclic) bond motifs is 2. The van der Waals surface area contributed by atoms with Crippen LogP contribution in [0.3, 0.4) is 0 Å². The van der Waals surface area contributed by atoms with Gasteiger partial charge < -0.3 is 9.88 Å². The summed E-state index contributed by atoms with van der Waals surface area (Å²) < 4.78 is 28.2. The van der Waals surface area contributed by atoms with Gasteiger partial charge in [-0.2, -0.15) is 0 Å². The average Bonchev–Trinajstić information content (AvgIpc) is 3.24. The molecule has 2 aliphatic rings. The molecule has 9 heteroatoms. The van der Waals surface area contributed by atoms with Crippen LogP contribution >= 0.6 is 0 Å². The number of hydrogen-bond acceptors (Lipinski definition) is 5. The maximum Gasteiger partial charge on any atom is 0.293 e. The summed E-state index contributed by atoms with van der Waals surface area (Å²) in [7, 11) is -3.20. The third-order valence-corrected chi connectivity index (χ3v) is 7.33. The second-order valence-corrected chi connectivity index (χ2v) is 9.32. The van der Waals surface area contributed by atoms with E-state index >= 15 is 0 Å². The van der Waals surface area contributed by atoms with Gasteiger partial charge in [0.25, 0.3) is 5.91 Å². The summed E-state index contributed by atoms with van der Waals surface area (Å²) in [4.78, 5) is 12.6. The first-order chi connectivity index (χ1) is 13.0. The molecule has 0 bridgehead atoms. The van der Waals surface area contributed by atoms with Crippen LogP contribution < -0.4 is 5.32 Å². The number of rotatable bonds is 5. The van der Waals surface area contributed by atoms with Gasteiger partial charge in [0.2, 0.25) is 15.8 Å². The zero-order valence-corrected chi connectivity index (χ0v) is 16.0. The predicted molar refractivity (Wildman–Crippen MR) is 101 cm³/mol. The predicted octanol–water partition coefficient (Wildman–Crippen LogP) is 1.37. The third-order valence-electron chi connectivity index (χ3n) is 5.32. The molecule has 1 amide bonds. The molecule has 1 aromatic heterocycles. The molecule has 0 unspecified atom stereocenters. The number of nitrogens with zero attached hydrogens (tertiary/aromatic N) is 4. The van der Waals surface area contributed by atoms with Crippen LogP contribution in [0.2, 0.25) is 0 Å². The number of benzene rings is 1. The quantitative estimate of drug-likeness (QED) is 0.833. The second-order valence-electron chi connectivity index (χ2n) is 7.23. The minimum absolute atomic E-state index is 0.184. The van der Waals surface area contributed by atoms with Gasteiger partial charge in [0.05, 0.1) is 5.75 Å². The number of aromatic nitrogens is 3. The van der Waals surface area contributed by atoms with Gasteiger partial charge in [0, 0.05) is 31.7 Å². The highest BCUT2D eigenvalue weighted by Crippen LogP contribution is 2.34. The summed E-state index contributed by atoms with van der Waals surface area (Å²) in [5.41, 5.74) is 0.700. The smallest absolute Gasteiger partial charge is 0.293 e. The fraction of sp³-hybridized carbons (Fsp3) is 0.500. The highest BCUT2D eigenvalue weighted by atomic mass is 32.2. The Morgan fingerprint density at radius 3 is 2.63 bits per heavy atom. The van der Waals surface area contributed by atoms with E-state index in [-0.39, 0.29) is 29.3 Å². The Bertz CT molecular complexity index is 941. The minimum atomic E-state index is -3.20. The Morgan fingerprint density at radius 2 is 1.89 bits per heavy atom. The van der Waals surface area contributed by atoms with Crippen molar-refractivity contribution >= 4 is 21.6 Å². The van der Waals surface area contributed by atoms with Gasteiger partial charge >= 0.3 is 0 Å². The van der Waals surface area contributed by atoms with Gasteiger partial charge in [-0.3, -0.25) is 4.79 Å². The summed E-state index contributed by atoms with van der Waals surface area (Å²) >= 11 is 0. The molecule has 0 spiro atoms. The lowest BCUT2D eigenvalue weighted by Gasteiger charge is -2.25. The lowest BCUT2D eigenvalue weighted by Crippen LogP contribution is -2.31. The van der Waals surface area contributed by atoms with E-state index in [1.165, 1.54) is 0 Å². The number of nitrogens with one attached hydrogen (secondary N) is 1. The molecular formula is C18H23N5O3S. The highest BCUT2D eigenvalue weighted by molar-refractivity contribution is 7.89. The Morgan fingerprint density at radius 1 is 1.15 bits per heavy atom. The van der Waals surface area contributed by atoms with Crippen molar-refractivity contribution < 1.29 is 13.2 Å². The Hall–Kier alpha value is -2.26. The maximum atomic E-state index is 12.6. The largest absolute Gasteiger partial charge is 0.319 e. The van der Waals surface area contributed by atoms with Crippen LogP contribution in [0.25, 0.3) is 0 Å². The van der Waals surface area contributed by atoms with Crippen molar-refractivity contribution in [3.63, 3.8) is 0 Å². The Kier molecular flexibility index (Phi) is 4.73. The first-order valence-electron chi connectivity index (χ1n) is 9.24. The first-order valence-corrected chi connectivity index (χ1v) is 10.8. The summed E-state index contributed by atoms with van der Waals surface area (Å²) in [5, 5.41) is 11.1. The number of carbonyl (C=O) groups excluding carboxylic acids is 1. The first kappa shape index (κ1) is 18.1. The SMILES string of the molecule is CCCS(=O)(=O)N1C[C@@H]2Cn3c(nnc3C(=O)Nc3ccccc3)C[C@H]2C1. The third kappa shape index (κ3) is 3.49. The number of sulfonamides is 1. The van der Waals surface area contributed by atoms with E-state index < -0.39 is 10.0 Å². The van der Waals surface area contributed by atoms with Crippen LogP contribution in [0.15, 0.2) is 30.3 Å². The zero-order valence-electron chi connectivity index (χ0n) is 15.2. The van der Waals surface area contributed by atoms with Crippen LogP contribution in [0, 0.1) is 11.8 Å². The second kappa shape index (κ2) is 7.05. The van der Waals surface area contributed by atoms with Crippen molar-refractivity contribution in [2.24, 2.45) is 11.8 Å². The van der Waals surface area contributed by atoms with Gasteiger partial charge in [-0.05, 0) is 30.4 Å². The molecular weight excluding hydrogens is 366 g/mol. The number of carbonyl (C=O) groups is 1. The fourth-order valence-corrected chi connectivity index (χ4v) is 5.58. The normalized spacial score (nSPS) is 22.3. The Balaban J connectivity index is 1.50. The number of para-hydroxylation sites is 1. The van der Waals surface area contributed by atoms with Crippen molar-refractivity contribution in [3.05, 3.63) is 42.0 Å². The number of amides is 1. The molecule has 3 heterocycles. The van der Waals surface area contributed by atoms with Crippen molar-refractivity contribution in [2.75, 3.05) is 24.2 Å². The molecule has 0 saturated carbocycles. The molecule has 1 saturated heterocycles. The summed E-state index contributed by atoms with van der Waals surface area (Å²) in [5.74, 6) is 1.34. The van der Waals surface area contributed by atoms with Crippen molar-refractivity contribution in [3.8, 4) is 0 Å². The summed E-state index contributed by atoms with van der Waals surface area (Å²) in [6.07, 6.45) is 1.26. The molecule has 27 heavy (non-hydrogen) atoms. The molecule has 1 N–H and O–H groups in total. The molecule has 1 fully saturated rings. The average molecular weight is 389 g/mol. The molecule has 2 aromatic rings. The lowest BCUT2D eigenvalue weighted by atomic mass is 9.89. The van der Waals surface area contributed by atoms with Crippen molar-refractivity contribution in [1.82, 2.24) is 19.1 Å². The van der Waals surface area contributed by atoms with Crippen molar-refractivity contribution in [2.45, 2.75) is 26.3 Å². The van der Waals surface area contributed by atoms with Crippen molar-refractivity contribution in [1.29, 1.82) is 0 Å². The fourth-order valence-electron chi connectivity index (χ4n) is 3.97. The molecule has 144 valence electrons. The standard InChI is InChI=1S/C18H23N5O3S/c1-2-8-27(25,26)22-10-13-9-16-20-21-17(23(16)12-14(13)11-22)18(24)19-15-6-4-3-5-7-15/h3-7,13-14H,2,8-12H2,1H3,(H,19,24)/t13-,14+/m0/s1. The van der Waals surface area contributed by atoms with E-state index in [2.05, 4.69) is 15.5 Å². The van der Waals surface area contributed by atoms with E-state index in [1.807, 2.05) is 41.8 Å². The summed E-state index contributed by atoms with van der Waals surface area (Å²) in [6, 6.07) is 9.21. The molecule has 2 aliphatic heterocycles. The number of anilines is 1. The van der Waals surface area contributed by atoms with Crippen LogP contribution in [-0.2, 0) is 23.0 Å². The van der Waals surface area contributed by atoms with Gasteiger partial charge in [-0.1, -0.05) is 25.1 Å². The number of hydrogen-bond donors (Lipinski definition) is 1. The molecule has 0 aliphatic carbocycles. The van der Waals surface area contributed by atoms with E-state index in [4.69, 9.17) is 0 Å². The van der Waals surface area contributed by atoms with Gasteiger partial charge in [0.1, 0.15) is 5.82 Å². The van der Waals surface area contributed by atoms with Gasteiger partial charge in [-0.25, -0.2) is 12.7 Å². The van der Waals surface area contributed by atoms with Crippen LogP contribution in [0.1, 0.15) is 29.8 Å². The molecule has 0 radical (unpaired) electrons. The molecule has 1 aromatic carbocycles. The van der Waals surface area contributed by atoms with Gasteiger partial charge in [0.15, 0.2) is 0 Å². The topological polar surface area (TPSA) is 97.2 Å². The van der Waals surface area contributed by atoms with E-state index in [0.717, 1.165) is 5.82 Å². The monoisotopic (exact) mass is 389 g/mol. The minimum Gasteiger partial charge on any atom is -0.319 e. The summed E-state index contributed by atoms with van der Waals surface area (Å²) in [6.45, 7) is 3.48. The molecule has 8 nitrogen and oxygen atoms in total. The van der Waals surface area contributed by atoms with E-state index in [1.54, 1.807) is 4.31 Å². The van der Waals surface area contributed by atoms with Crippen LogP contribution in [0.4, 0.5) is 5.69 Å². The molecule has 2 atom stereocenters. The molecule has 4 rings (SSSR count).